The van der Waals surface area contributed by atoms with E-state index in [0.717, 1.165) is 11.0 Å². The molecule has 1 aromatic heterocycles. The van der Waals surface area contributed by atoms with Crippen LogP contribution < -0.4 is 0 Å². The van der Waals surface area contributed by atoms with Crippen LogP contribution >= 0.6 is 0 Å². The second-order valence-electron chi connectivity index (χ2n) is 4.19. The van der Waals surface area contributed by atoms with Gasteiger partial charge in [-0.25, -0.2) is 9.98 Å². The first-order valence-electron chi connectivity index (χ1n) is 5.96. The molecule has 6 heteroatoms. The van der Waals surface area contributed by atoms with Crippen LogP contribution in [0.15, 0.2) is 53.5 Å². The summed E-state index contributed by atoms with van der Waals surface area (Å²) in [5.74, 6) is 0.470. The van der Waals surface area contributed by atoms with Gasteiger partial charge in [0.2, 0.25) is 5.95 Å². The summed E-state index contributed by atoms with van der Waals surface area (Å²) in [6, 6.07) is 13.9. The summed E-state index contributed by atoms with van der Waals surface area (Å²) in [5, 5.41) is 10.7. The lowest BCUT2D eigenvalue weighted by Crippen LogP contribution is -1.89. The van der Waals surface area contributed by atoms with Crippen LogP contribution in [0.3, 0.4) is 0 Å². The van der Waals surface area contributed by atoms with E-state index in [0.29, 0.717) is 11.5 Å². The van der Waals surface area contributed by atoms with Crippen molar-refractivity contribution in [1.29, 1.82) is 0 Å². The van der Waals surface area contributed by atoms with Crippen molar-refractivity contribution < 1.29 is 4.92 Å². The summed E-state index contributed by atoms with van der Waals surface area (Å²) in [6.07, 6.45) is 1.55. The van der Waals surface area contributed by atoms with Gasteiger partial charge in [-0.1, -0.05) is 24.3 Å². The largest absolute Gasteiger partial charge is 0.322 e. The van der Waals surface area contributed by atoms with Crippen molar-refractivity contribution in [3.05, 3.63) is 64.2 Å². The number of H-pyrrole nitrogens is 1. The molecule has 0 saturated carbocycles. The van der Waals surface area contributed by atoms with E-state index in [2.05, 4.69) is 15.0 Å². The quantitative estimate of drug-likeness (QED) is 0.448. The number of hydrogen-bond acceptors (Lipinski definition) is 4. The highest BCUT2D eigenvalue weighted by molar-refractivity contribution is 5.83. The average molecular weight is 266 g/mol. The zero-order chi connectivity index (χ0) is 13.9. The Hall–Kier alpha value is -3.02. The van der Waals surface area contributed by atoms with Crippen molar-refractivity contribution in [2.45, 2.75) is 0 Å². The highest BCUT2D eigenvalue weighted by Gasteiger charge is 2.04. The van der Waals surface area contributed by atoms with E-state index in [1.165, 1.54) is 12.1 Å². The van der Waals surface area contributed by atoms with Gasteiger partial charge in [-0.3, -0.25) is 10.1 Å². The summed E-state index contributed by atoms with van der Waals surface area (Å²) in [6.45, 7) is 0. The second-order valence-corrected chi connectivity index (χ2v) is 4.19. The van der Waals surface area contributed by atoms with E-state index in [9.17, 15) is 10.1 Å². The first-order valence-corrected chi connectivity index (χ1v) is 5.96. The molecule has 0 aliphatic heterocycles. The number of hydrogen-bond donors (Lipinski definition) is 1. The fourth-order valence-electron chi connectivity index (χ4n) is 1.85. The fourth-order valence-corrected chi connectivity index (χ4v) is 1.85. The van der Waals surface area contributed by atoms with E-state index in [1.807, 2.05) is 24.3 Å². The Balaban J connectivity index is 1.89. The van der Waals surface area contributed by atoms with E-state index in [1.54, 1.807) is 18.3 Å². The molecule has 20 heavy (non-hydrogen) atoms. The Bertz CT molecular complexity index is 775. The zero-order valence-electron chi connectivity index (χ0n) is 10.4. The van der Waals surface area contributed by atoms with Crippen LogP contribution in [0.2, 0.25) is 0 Å². The second kappa shape index (κ2) is 4.93. The molecule has 0 aliphatic carbocycles. The van der Waals surface area contributed by atoms with Crippen LogP contribution in [-0.2, 0) is 0 Å². The fraction of sp³-hybridized carbons (Fsp3) is 0. The molecule has 3 aromatic rings. The first kappa shape index (κ1) is 12.0. The molecule has 98 valence electrons. The maximum Gasteiger partial charge on any atom is 0.270 e. The van der Waals surface area contributed by atoms with E-state index < -0.39 is 4.92 Å². The lowest BCUT2D eigenvalue weighted by atomic mass is 10.2. The van der Waals surface area contributed by atoms with Crippen LogP contribution in [0.4, 0.5) is 11.6 Å². The van der Waals surface area contributed by atoms with Gasteiger partial charge >= 0.3 is 0 Å². The van der Waals surface area contributed by atoms with Crippen molar-refractivity contribution in [3.8, 4) is 0 Å². The molecule has 0 spiro atoms. The molecule has 6 nitrogen and oxygen atoms in total. The van der Waals surface area contributed by atoms with Gasteiger partial charge in [0.1, 0.15) is 0 Å². The number of imidazole rings is 1. The van der Waals surface area contributed by atoms with Crippen molar-refractivity contribution in [2.75, 3.05) is 0 Å². The number of non-ortho nitro benzene ring substituents is 1. The number of rotatable bonds is 3. The van der Waals surface area contributed by atoms with Gasteiger partial charge in [0.25, 0.3) is 5.69 Å². The Morgan fingerprint density at radius 3 is 2.85 bits per heavy atom. The molecule has 0 radical (unpaired) electrons. The van der Waals surface area contributed by atoms with Crippen molar-refractivity contribution in [3.63, 3.8) is 0 Å². The molecule has 0 fully saturated rings. The highest BCUT2D eigenvalue weighted by atomic mass is 16.6. The van der Waals surface area contributed by atoms with Crippen molar-refractivity contribution in [1.82, 2.24) is 9.97 Å². The maximum atomic E-state index is 10.7. The molecular weight excluding hydrogens is 256 g/mol. The maximum absolute atomic E-state index is 10.7. The number of benzene rings is 2. The van der Waals surface area contributed by atoms with Gasteiger partial charge in [-0.05, 0) is 17.7 Å². The van der Waals surface area contributed by atoms with E-state index in [-0.39, 0.29) is 5.69 Å². The number of fused-ring (bicyclic) bond motifs is 1. The number of aliphatic imine (C=N–C) groups is 1. The minimum Gasteiger partial charge on any atom is -0.322 e. The number of nitrogens with zero attached hydrogens (tertiary/aromatic N) is 3. The van der Waals surface area contributed by atoms with Gasteiger partial charge < -0.3 is 4.98 Å². The Morgan fingerprint density at radius 1 is 1.20 bits per heavy atom. The van der Waals surface area contributed by atoms with Crippen LogP contribution in [0.25, 0.3) is 11.0 Å². The Labute approximate surface area is 114 Å². The SMILES string of the molecule is O=[N+]([O-])c1cccc(C=Nc2nc3ccccc3[nH]2)c1. The molecular formula is C14H10N4O2. The first-order chi connectivity index (χ1) is 9.72. The monoisotopic (exact) mass is 266 g/mol. The van der Waals surface area contributed by atoms with E-state index >= 15 is 0 Å². The third kappa shape index (κ3) is 2.39. The third-order valence-corrected chi connectivity index (χ3v) is 2.79. The minimum absolute atomic E-state index is 0.0403. The molecule has 1 N–H and O–H groups in total. The predicted molar refractivity (Wildman–Crippen MR) is 76.4 cm³/mol. The summed E-state index contributed by atoms with van der Waals surface area (Å²) in [4.78, 5) is 21.8. The lowest BCUT2D eigenvalue weighted by molar-refractivity contribution is -0.384. The molecule has 0 unspecified atom stereocenters. The van der Waals surface area contributed by atoms with E-state index in [4.69, 9.17) is 0 Å². The third-order valence-electron chi connectivity index (χ3n) is 2.79. The van der Waals surface area contributed by atoms with Gasteiger partial charge in [0, 0.05) is 18.3 Å². The van der Waals surface area contributed by atoms with Crippen molar-refractivity contribution in [2.24, 2.45) is 4.99 Å². The van der Waals surface area contributed by atoms with Gasteiger partial charge in [0.05, 0.1) is 16.0 Å². The number of nitrogens with one attached hydrogen (secondary N) is 1. The Kier molecular flexibility index (Phi) is 2.96. The smallest absolute Gasteiger partial charge is 0.270 e. The van der Waals surface area contributed by atoms with Gasteiger partial charge in [0.15, 0.2) is 0 Å². The molecule has 0 atom stereocenters. The van der Waals surface area contributed by atoms with Gasteiger partial charge in [-0.2, -0.15) is 0 Å². The molecule has 0 aliphatic rings. The van der Waals surface area contributed by atoms with Crippen LogP contribution in [0, 0.1) is 10.1 Å². The number of nitro groups is 1. The van der Waals surface area contributed by atoms with Crippen molar-refractivity contribution >= 4 is 28.9 Å². The van der Waals surface area contributed by atoms with Crippen LogP contribution in [0.5, 0.6) is 0 Å². The summed E-state index contributed by atoms with van der Waals surface area (Å²) < 4.78 is 0. The molecule has 0 bridgehead atoms. The molecule has 0 saturated heterocycles. The minimum atomic E-state index is -0.432. The molecule has 2 aromatic carbocycles. The van der Waals surface area contributed by atoms with Gasteiger partial charge in [-0.15, -0.1) is 0 Å². The lowest BCUT2D eigenvalue weighted by Gasteiger charge is -1.93. The summed E-state index contributed by atoms with van der Waals surface area (Å²) in [5.41, 5.74) is 2.43. The number of aromatic amines is 1. The van der Waals surface area contributed by atoms with Crippen LogP contribution in [0.1, 0.15) is 5.56 Å². The average Bonchev–Trinajstić information content (AvgIpc) is 2.88. The summed E-state index contributed by atoms with van der Waals surface area (Å²) >= 11 is 0. The standard InChI is InChI=1S/C14H10N4O2/c19-18(20)11-5-3-4-10(8-11)9-15-14-16-12-6-1-2-7-13(12)17-14/h1-9H,(H,16,17). The highest BCUT2D eigenvalue weighted by Crippen LogP contribution is 2.16. The molecule has 1 heterocycles. The number of aromatic nitrogens is 2. The predicted octanol–water partition coefficient (Wildman–Crippen LogP) is 3.22. The number of nitro benzene ring substituents is 1. The normalized spacial score (nSPS) is 11.2. The topological polar surface area (TPSA) is 84.2 Å². The summed E-state index contributed by atoms with van der Waals surface area (Å²) in [7, 11) is 0. The molecule has 0 amide bonds. The molecule has 3 rings (SSSR count). The number of para-hydroxylation sites is 2. The van der Waals surface area contributed by atoms with Crippen LogP contribution in [-0.4, -0.2) is 21.1 Å². The zero-order valence-corrected chi connectivity index (χ0v) is 10.4. The Morgan fingerprint density at radius 2 is 2.05 bits per heavy atom.